The molecule has 8 nitrogen and oxygen atoms in total. The second-order valence-corrected chi connectivity index (χ2v) is 7.16. The van der Waals surface area contributed by atoms with E-state index in [0.29, 0.717) is 29.9 Å². The molecule has 0 aliphatic heterocycles. The molecule has 162 valence electrons. The summed E-state index contributed by atoms with van der Waals surface area (Å²) in [5, 5.41) is 3.13. The molecule has 2 aromatic carbocycles. The normalized spacial score (nSPS) is 10.6. The van der Waals surface area contributed by atoms with Crippen LogP contribution in [-0.4, -0.2) is 41.6 Å². The van der Waals surface area contributed by atoms with Crippen LogP contribution in [0.25, 0.3) is 10.9 Å². The Kier molecular flexibility index (Phi) is 7.37. The number of nitrogens with one attached hydrogen (secondary N) is 2. The minimum Gasteiger partial charge on any atom is -0.491 e. The van der Waals surface area contributed by atoms with E-state index in [1.54, 1.807) is 24.3 Å². The van der Waals surface area contributed by atoms with Crippen molar-refractivity contribution in [3.8, 4) is 5.75 Å². The summed E-state index contributed by atoms with van der Waals surface area (Å²) in [6.45, 7) is 4.21. The van der Waals surface area contributed by atoms with E-state index >= 15 is 0 Å². The zero-order valence-corrected chi connectivity index (χ0v) is 17.6. The number of para-hydroxylation sites is 1. The zero-order chi connectivity index (χ0) is 22.2. The average molecular weight is 423 g/mol. The molecule has 1 aromatic heterocycles. The summed E-state index contributed by atoms with van der Waals surface area (Å²) in [5.74, 6) is 0.215. The highest BCUT2D eigenvalue weighted by atomic mass is 16.5. The molecular formula is C23H25N3O5. The van der Waals surface area contributed by atoms with Crippen molar-refractivity contribution in [1.29, 1.82) is 0 Å². The number of carbonyl (C=O) groups is 2. The van der Waals surface area contributed by atoms with Gasteiger partial charge in [0.1, 0.15) is 18.2 Å². The first kappa shape index (κ1) is 22.0. The molecule has 0 saturated carbocycles. The molecule has 1 amide bonds. The van der Waals surface area contributed by atoms with Crippen LogP contribution in [0.1, 0.15) is 23.4 Å². The molecule has 0 fully saturated rings. The van der Waals surface area contributed by atoms with Gasteiger partial charge < -0.3 is 19.8 Å². The van der Waals surface area contributed by atoms with E-state index in [4.69, 9.17) is 9.47 Å². The lowest BCUT2D eigenvalue weighted by Gasteiger charge is -2.10. The molecule has 0 spiro atoms. The van der Waals surface area contributed by atoms with Gasteiger partial charge in [-0.1, -0.05) is 29.8 Å². The third kappa shape index (κ3) is 6.40. The first-order valence-corrected chi connectivity index (χ1v) is 10.0. The van der Waals surface area contributed by atoms with Crippen molar-refractivity contribution in [3.05, 3.63) is 69.8 Å². The predicted molar refractivity (Wildman–Crippen MR) is 116 cm³/mol. The average Bonchev–Trinajstić information content (AvgIpc) is 2.75. The van der Waals surface area contributed by atoms with Gasteiger partial charge in [-0.05, 0) is 37.6 Å². The van der Waals surface area contributed by atoms with Crippen molar-refractivity contribution in [2.75, 3.05) is 19.8 Å². The summed E-state index contributed by atoms with van der Waals surface area (Å²) >= 11 is 0. The van der Waals surface area contributed by atoms with Gasteiger partial charge in [-0.3, -0.25) is 14.4 Å². The fourth-order valence-electron chi connectivity index (χ4n) is 3.06. The van der Waals surface area contributed by atoms with Crippen molar-refractivity contribution >= 4 is 22.8 Å². The van der Waals surface area contributed by atoms with E-state index in [1.165, 1.54) is 0 Å². The molecular weight excluding hydrogens is 398 g/mol. The Morgan fingerprint density at radius 1 is 1.13 bits per heavy atom. The van der Waals surface area contributed by atoms with E-state index < -0.39 is 11.9 Å². The van der Waals surface area contributed by atoms with Gasteiger partial charge in [0.2, 0.25) is 0 Å². The number of aromatic nitrogens is 2. The van der Waals surface area contributed by atoms with Crippen molar-refractivity contribution in [2.45, 2.75) is 26.7 Å². The quantitative estimate of drug-likeness (QED) is 0.403. The van der Waals surface area contributed by atoms with Crippen LogP contribution in [0.5, 0.6) is 5.75 Å². The number of esters is 1. The number of rotatable bonds is 9. The number of aryl methyl sites for hydroxylation is 3. The molecule has 1 heterocycles. The van der Waals surface area contributed by atoms with E-state index in [2.05, 4.69) is 15.3 Å². The number of benzene rings is 2. The van der Waals surface area contributed by atoms with Gasteiger partial charge in [0, 0.05) is 6.42 Å². The van der Waals surface area contributed by atoms with Crippen LogP contribution in [0.4, 0.5) is 0 Å². The van der Waals surface area contributed by atoms with Crippen molar-refractivity contribution < 1.29 is 19.1 Å². The smallest absolute Gasteiger partial charge is 0.306 e. The summed E-state index contributed by atoms with van der Waals surface area (Å²) < 4.78 is 10.6. The Morgan fingerprint density at radius 3 is 2.74 bits per heavy atom. The Bertz CT molecular complexity index is 1140. The Morgan fingerprint density at radius 2 is 1.94 bits per heavy atom. The summed E-state index contributed by atoms with van der Waals surface area (Å²) in [5.41, 5.74) is 2.50. The maximum atomic E-state index is 12.0. The summed E-state index contributed by atoms with van der Waals surface area (Å²) in [7, 11) is 0. The van der Waals surface area contributed by atoms with E-state index in [-0.39, 0.29) is 25.0 Å². The SMILES string of the molecule is Cc1ccc(OCCNC(=O)COC(=O)CCc2nc3ccccc3c(=O)[nH]2)c(C)c1. The van der Waals surface area contributed by atoms with Gasteiger partial charge in [0.15, 0.2) is 6.61 Å². The highest BCUT2D eigenvalue weighted by Gasteiger charge is 2.10. The number of nitrogens with zero attached hydrogens (tertiary/aromatic N) is 1. The third-order valence-electron chi connectivity index (χ3n) is 4.60. The van der Waals surface area contributed by atoms with Gasteiger partial charge in [-0.2, -0.15) is 0 Å². The third-order valence-corrected chi connectivity index (χ3v) is 4.60. The lowest BCUT2D eigenvalue weighted by molar-refractivity contribution is -0.148. The number of ether oxygens (including phenoxy) is 2. The molecule has 3 rings (SSSR count). The molecule has 3 aromatic rings. The van der Waals surface area contributed by atoms with Crippen LogP contribution >= 0.6 is 0 Å². The number of hydrogen-bond donors (Lipinski definition) is 2. The Labute approximate surface area is 179 Å². The first-order chi connectivity index (χ1) is 14.9. The highest BCUT2D eigenvalue weighted by molar-refractivity contribution is 5.80. The molecule has 0 atom stereocenters. The minimum absolute atomic E-state index is 0.00434. The largest absolute Gasteiger partial charge is 0.491 e. The standard InChI is InChI=1S/C23H25N3O5/c1-15-7-8-19(16(2)13-15)30-12-11-24-21(27)14-31-22(28)10-9-20-25-18-6-4-3-5-17(18)23(29)26-20/h3-8,13H,9-12,14H2,1-2H3,(H,24,27)(H,25,26,29). The first-order valence-electron chi connectivity index (χ1n) is 10.0. The summed E-state index contributed by atoms with van der Waals surface area (Å²) in [6, 6.07) is 12.9. The van der Waals surface area contributed by atoms with Gasteiger partial charge in [0.25, 0.3) is 11.5 Å². The topological polar surface area (TPSA) is 110 Å². The van der Waals surface area contributed by atoms with Crippen LogP contribution in [0, 0.1) is 13.8 Å². The van der Waals surface area contributed by atoms with Crippen molar-refractivity contribution in [2.24, 2.45) is 0 Å². The lowest BCUT2D eigenvalue weighted by Crippen LogP contribution is -2.32. The number of hydrogen-bond acceptors (Lipinski definition) is 6. The van der Waals surface area contributed by atoms with Crippen LogP contribution < -0.4 is 15.6 Å². The fraction of sp³-hybridized carbons (Fsp3) is 0.304. The second-order valence-electron chi connectivity index (χ2n) is 7.16. The molecule has 31 heavy (non-hydrogen) atoms. The van der Waals surface area contributed by atoms with Crippen LogP contribution in [0.15, 0.2) is 47.3 Å². The molecule has 0 bridgehead atoms. The number of fused-ring (bicyclic) bond motifs is 1. The van der Waals surface area contributed by atoms with Crippen molar-refractivity contribution in [1.82, 2.24) is 15.3 Å². The minimum atomic E-state index is -0.544. The van der Waals surface area contributed by atoms with E-state index in [9.17, 15) is 14.4 Å². The van der Waals surface area contributed by atoms with Gasteiger partial charge >= 0.3 is 5.97 Å². The maximum Gasteiger partial charge on any atom is 0.306 e. The molecule has 8 heteroatoms. The maximum absolute atomic E-state index is 12.0. The number of H-pyrrole nitrogens is 1. The monoisotopic (exact) mass is 423 g/mol. The van der Waals surface area contributed by atoms with Crippen molar-refractivity contribution in [3.63, 3.8) is 0 Å². The van der Waals surface area contributed by atoms with Gasteiger partial charge in [-0.15, -0.1) is 0 Å². The van der Waals surface area contributed by atoms with Crippen LogP contribution in [0.2, 0.25) is 0 Å². The van der Waals surface area contributed by atoms with E-state index in [0.717, 1.165) is 16.9 Å². The Balaban J connectivity index is 1.35. The summed E-state index contributed by atoms with van der Waals surface area (Å²) in [4.78, 5) is 42.8. The molecule has 0 saturated heterocycles. The molecule has 0 aliphatic carbocycles. The molecule has 0 aliphatic rings. The predicted octanol–water partition coefficient (Wildman–Crippen LogP) is 2.21. The number of aromatic amines is 1. The number of amides is 1. The van der Waals surface area contributed by atoms with Gasteiger partial charge in [0.05, 0.1) is 23.9 Å². The summed E-state index contributed by atoms with van der Waals surface area (Å²) in [6.07, 6.45) is 0.217. The molecule has 2 N–H and O–H groups in total. The molecule has 0 unspecified atom stereocenters. The zero-order valence-electron chi connectivity index (χ0n) is 17.6. The van der Waals surface area contributed by atoms with E-state index in [1.807, 2.05) is 32.0 Å². The van der Waals surface area contributed by atoms with Gasteiger partial charge in [-0.25, -0.2) is 4.98 Å². The fourth-order valence-corrected chi connectivity index (χ4v) is 3.06. The lowest BCUT2D eigenvalue weighted by atomic mass is 10.1. The van der Waals surface area contributed by atoms with Crippen LogP contribution in [0.3, 0.4) is 0 Å². The highest BCUT2D eigenvalue weighted by Crippen LogP contribution is 2.18. The van der Waals surface area contributed by atoms with Crippen LogP contribution in [-0.2, 0) is 20.7 Å². The molecule has 0 radical (unpaired) electrons. The number of carbonyl (C=O) groups excluding carboxylic acids is 2. The second kappa shape index (κ2) is 10.4. The Hall–Kier alpha value is -3.68.